The highest BCUT2D eigenvalue weighted by molar-refractivity contribution is 7.91. The van der Waals surface area contributed by atoms with Crippen LogP contribution in [-0.4, -0.2) is 45.0 Å². The van der Waals surface area contributed by atoms with Gasteiger partial charge in [0.2, 0.25) is 0 Å². The van der Waals surface area contributed by atoms with E-state index in [2.05, 4.69) is 11.9 Å². The van der Waals surface area contributed by atoms with Crippen LogP contribution in [0.1, 0.15) is 12.8 Å². The van der Waals surface area contributed by atoms with Crippen LogP contribution in [0.4, 0.5) is 0 Å². The van der Waals surface area contributed by atoms with E-state index in [4.69, 9.17) is 0 Å². The predicted octanol–water partition coefficient (Wildman–Crippen LogP) is 0.127. The second-order valence-electron chi connectivity index (χ2n) is 4.33. The van der Waals surface area contributed by atoms with Crippen molar-refractivity contribution >= 4 is 9.84 Å². The Morgan fingerprint density at radius 1 is 1.33 bits per heavy atom. The van der Waals surface area contributed by atoms with Crippen LogP contribution in [0.15, 0.2) is 0 Å². The summed E-state index contributed by atoms with van der Waals surface area (Å²) in [6.45, 7) is 2.04. The maximum absolute atomic E-state index is 11.3. The number of nitrogens with zero attached hydrogens (tertiary/aromatic N) is 1. The molecule has 0 amide bonds. The van der Waals surface area contributed by atoms with Gasteiger partial charge in [0.25, 0.3) is 0 Å². The summed E-state index contributed by atoms with van der Waals surface area (Å²) in [4.78, 5) is 2.24. The largest absolute Gasteiger partial charge is 0.306 e. The van der Waals surface area contributed by atoms with Gasteiger partial charge in [-0.05, 0) is 31.8 Å². The molecule has 2 saturated heterocycles. The molecule has 12 heavy (non-hydrogen) atoms. The lowest BCUT2D eigenvalue weighted by Gasteiger charge is -2.19. The Morgan fingerprint density at radius 2 is 2.08 bits per heavy atom. The Hall–Kier alpha value is -0.0900. The van der Waals surface area contributed by atoms with E-state index in [1.165, 1.54) is 0 Å². The Balaban J connectivity index is 2.16. The van der Waals surface area contributed by atoms with Crippen LogP contribution in [-0.2, 0) is 9.84 Å². The molecule has 4 heteroatoms. The van der Waals surface area contributed by atoms with Gasteiger partial charge in [0.1, 0.15) is 0 Å². The summed E-state index contributed by atoms with van der Waals surface area (Å²) in [5.41, 5.74) is 0.133. The van der Waals surface area contributed by atoms with Gasteiger partial charge in [0.05, 0.1) is 11.5 Å². The number of rotatable bonds is 0. The highest BCUT2D eigenvalue weighted by atomic mass is 32.2. The van der Waals surface area contributed by atoms with Crippen LogP contribution < -0.4 is 0 Å². The average molecular weight is 189 g/mol. The van der Waals surface area contributed by atoms with Gasteiger partial charge in [-0.1, -0.05) is 0 Å². The molecular formula is C8H15NO2S. The van der Waals surface area contributed by atoms with Crippen molar-refractivity contribution in [1.29, 1.82) is 0 Å². The van der Waals surface area contributed by atoms with E-state index in [1.54, 1.807) is 0 Å². The van der Waals surface area contributed by atoms with Crippen molar-refractivity contribution in [3.63, 3.8) is 0 Å². The number of sulfone groups is 1. The fourth-order valence-corrected chi connectivity index (χ4v) is 4.66. The molecule has 3 nitrogen and oxygen atoms in total. The van der Waals surface area contributed by atoms with Gasteiger partial charge in [0.15, 0.2) is 9.84 Å². The first-order chi connectivity index (χ1) is 5.52. The van der Waals surface area contributed by atoms with Crippen molar-refractivity contribution in [1.82, 2.24) is 4.90 Å². The van der Waals surface area contributed by atoms with E-state index in [9.17, 15) is 8.42 Å². The monoisotopic (exact) mass is 189 g/mol. The van der Waals surface area contributed by atoms with Gasteiger partial charge in [-0.25, -0.2) is 8.42 Å². The molecule has 70 valence electrons. The molecule has 0 saturated carbocycles. The van der Waals surface area contributed by atoms with Crippen molar-refractivity contribution in [2.75, 3.05) is 31.6 Å². The summed E-state index contributed by atoms with van der Waals surface area (Å²) < 4.78 is 22.6. The molecule has 2 rings (SSSR count). The van der Waals surface area contributed by atoms with Crippen molar-refractivity contribution in [3.8, 4) is 0 Å². The molecule has 0 aromatic heterocycles. The second-order valence-corrected chi connectivity index (χ2v) is 6.51. The van der Waals surface area contributed by atoms with Crippen LogP contribution in [0.5, 0.6) is 0 Å². The molecule has 2 heterocycles. The molecule has 0 bridgehead atoms. The van der Waals surface area contributed by atoms with Crippen LogP contribution >= 0.6 is 0 Å². The second kappa shape index (κ2) is 2.45. The molecular weight excluding hydrogens is 174 g/mol. The third-order valence-corrected chi connectivity index (χ3v) is 4.98. The lowest BCUT2D eigenvalue weighted by molar-refractivity contribution is 0.317. The highest BCUT2D eigenvalue weighted by Crippen LogP contribution is 2.39. The van der Waals surface area contributed by atoms with Gasteiger partial charge < -0.3 is 4.90 Å². The number of hydrogen-bond donors (Lipinski definition) is 0. The fourth-order valence-electron chi connectivity index (χ4n) is 2.46. The number of hydrogen-bond acceptors (Lipinski definition) is 3. The predicted molar refractivity (Wildman–Crippen MR) is 47.8 cm³/mol. The summed E-state index contributed by atoms with van der Waals surface area (Å²) in [5, 5.41) is 0. The molecule has 0 N–H and O–H groups in total. The van der Waals surface area contributed by atoms with E-state index in [0.717, 1.165) is 25.9 Å². The molecule has 1 unspecified atom stereocenters. The topological polar surface area (TPSA) is 37.4 Å². The van der Waals surface area contributed by atoms with Gasteiger partial charge in [-0.2, -0.15) is 0 Å². The quantitative estimate of drug-likeness (QED) is 0.543. The standard InChI is InChI=1S/C8H15NO2S/c1-9-4-2-8(6-9)3-5-12(10,11)7-8/h2-7H2,1H3. The minimum atomic E-state index is -2.69. The van der Waals surface area contributed by atoms with Gasteiger partial charge in [0, 0.05) is 6.54 Å². The zero-order valence-corrected chi connectivity index (χ0v) is 8.23. The first-order valence-electron chi connectivity index (χ1n) is 4.40. The molecule has 1 atom stereocenters. The molecule has 1 spiro atoms. The molecule has 0 aromatic carbocycles. The highest BCUT2D eigenvalue weighted by Gasteiger charge is 2.45. The maximum atomic E-state index is 11.3. The van der Waals surface area contributed by atoms with Crippen molar-refractivity contribution in [3.05, 3.63) is 0 Å². The lowest BCUT2D eigenvalue weighted by Crippen LogP contribution is -2.26. The average Bonchev–Trinajstić information content (AvgIpc) is 2.41. The van der Waals surface area contributed by atoms with E-state index < -0.39 is 9.84 Å². The summed E-state index contributed by atoms with van der Waals surface area (Å²) >= 11 is 0. The Kier molecular flexibility index (Phi) is 1.74. The third kappa shape index (κ3) is 1.38. The molecule has 0 radical (unpaired) electrons. The third-order valence-electron chi connectivity index (χ3n) is 3.10. The number of likely N-dealkylation sites (tertiary alicyclic amines) is 1. The minimum absolute atomic E-state index is 0.133. The van der Waals surface area contributed by atoms with Crippen molar-refractivity contribution < 1.29 is 8.42 Å². The molecule has 0 aromatic rings. The van der Waals surface area contributed by atoms with Crippen LogP contribution in [0.2, 0.25) is 0 Å². The smallest absolute Gasteiger partial charge is 0.150 e. The van der Waals surface area contributed by atoms with Gasteiger partial charge >= 0.3 is 0 Å². The van der Waals surface area contributed by atoms with Crippen molar-refractivity contribution in [2.45, 2.75) is 12.8 Å². The van der Waals surface area contributed by atoms with E-state index in [0.29, 0.717) is 11.5 Å². The fraction of sp³-hybridized carbons (Fsp3) is 1.00. The van der Waals surface area contributed by atoms with Crippen LogP contribution in [0.3, 0.4) is 0 Å². The Morgan fingerprint density at radius 3 is 2.50 bits per heavy atom. The molecule has 0 aliphatic carbocycles. The van der Waals surface area contributed by atoms with E-state index in [1.807, 2.05) is 0 Å². The minimum Gasteiger partial charge on any atom is -0.306 e. The first-order valence-corrected chi connectivity index (χ1v) is 6.23. The molecule has 2 fully saturated rings. The van der Waals surface area contributed by atoms with Crippen LogP contribution in [0, 0.1) is 5.41 Å². The Bertz CT molecular complexity index is 285. The lowest BCUT2D eigenvalue weighted by atomic mass is 9.87. The normalized spacial score (nSPS) is 41.1. The van der Waals surface area contributed by atoms with E-state index >= 15 is 0 Å². The zero-order chi connectivity index (χ0) is 8.82. The summed E-state index contributed by atoms with van der Waals surface area (Å²) in [7, 11) is -0.619. The first kappa shape index (κ1) is 8.51. The zero-order valence-electron chi connectivity index (χ0n) is 7.41. The maximum Gasteiger partial charge on any atom is 0.150 e. The molecule has 2 aliphatic rings. The van der Waals surface area contributed by atoms with Gasteiger partial charge in [-0.15, -0.1) is 0 Å². The van der Waals surface area contributed by atoms with Gasteiger partial charge in [-0.3, -0.25) is 0 Å². The summed E-state index contributed by atoms with van der Waals surface area (Å²) in [6, 6.07) is 0. The van der Waals surface area contributed by atoms with Crippen molar-refractivity contribution in [2.24, 2.45) is 5.41 Å². The molecule has 2 aliphatic heterocycles. The Labute approximate surface area is 73.7 Å². The van der Waals surface area contributed by atoms with E-state index in [-0.39, 0.29) is 5.41 Å². The summed E-state index contributed by atoms with van der Waals surface area (Å²) in [6.07, 6.45) is 1.96. The SMILES string of the molecule is CN1CCC2(CCS(=O)(=O)C2)C1. The van der Waals surface area contributed by atoms with Crippen LogP contribution in [0.25, 0.3) is 0 Å². The summed E-state index contributed by atoms with van der Waals surface area (Å²) in [5.74, 6) is 0.852.